The number of nitrogens with zero attached hydrogens (tertiary/aromatic N) is 1. The molecule has 1 aromatic heterocycles. The van der Waals surface area contributed by atoms with Gasteiger partial charge in [-0.25, -0.2) is 0 Å². The smallest absolute Gasteiger partial charge is 0.258 e. The molecule has 4 rings (SSSR count). The number of benzene rings is 2. The third-order valence-corrected chi connectivity index (χ3v) is 6.51. The molecule has 0 fully saturated rings. The molecule has 7 heteroatoms. The van der Waals surface area contributed by atoms with Crippen molar-refractivity contribution >= 4 is 40.4 Å². The number of ether oxygens (including phenoxy) is 1. The predicted octanol–water partition coefficient (Wildman–Crippen LogP) is 5.35. The molecule has 0 unspecified atom stereocenters. The van der Waals surface area contributed by atoms with Crippen LogP contribution in [-0.2, 0) is 17.8 Å². The van der Waals surface area contributed by atoms with Crippen LogP contribution in [0.25, 0.3) is 0 Å². The molecule has 1 N–H and O–H groups in total. The molecule has 0 bridgehead atoms. The molecule has 3 aromatic rings. The van der Waals surface area contributed by atoms with Crippen molar-refractivity contribution in [1.29, 1.82) is 0 Å². The molecule has 156 valence electrons. The van der Waals surface area contributed by atoms with E-state index >= 15 is 0 Å². The molecule has 1 amide bonds. The van der Waals surface area contributed by atoms with Crippen LogP contribution >= 0.6 is 34.5 Å². The number of carbonyl (C=O) groups excluding carboxylic acids is 1. The van der Waals surface area contributed by atoms with Gasteiger partial charge in [0.15, 0.2) is 6.61 Å². The van der Waals surface area contributed by atoms with Crippen molar-refractivity contribution in [3.05, 3.63) is 86.0 Å². The molecule has 2 aromatic carbocycles. The molecule has 30 heavy (non-hydrogen) atoms. The van der Waals surface area contributed by atoms with Crippen molar-refractivity contribution in [2.75, 3.05) is 19.7 Å². The zero-order valence-corrected chi connectivity index (χ0v) is 18.6. The lowest BCUT2D eigenvalue weighted by molar-refractivity contribution is -0.123. The number of hydrogen-bond acceptors (Lipinski definition) is 4. The summed E-state index contributed by atoms with van der Waals surface area (Å²) in [5.41, 5.74) is 3.99. The third-order valence-electron chi connectivity index (χ3n) is 5.27. The summed E-state index contributed by atoms with van der Waals surface area (Å²) < 4.78 is 5.55. The highest BCUT2D eigenvalue weighted by Crippen LogP contribution is 2.29. The van der Waals surface area contributed by atoms with Crippen LogP contribution in [0.5, 0.6) is 5.75 Å². The van der Waals surface area contributed by atoms with Gasteiger partial charge in [0.1, 0.15) is 5.75 Å². The van der Waals surface area contributed by atoms with E-state index in [1.807, 2.05) is 0 Å². The Morgan fingerprint density at radius 3 is 2.77 bits per heavy atom. The van der Waals surface area contributed by atoms with Crippen molar-refractivity contribution in [1.82, 2.24) is 10.2 Å². The number of rotatable bonds is 7. The lowest BCUT2D eigenvalue weighted by Crippen LogP contribution is -2.41. The number of nitrogens with one attached hydrogen (secondary N) is 1. The third kappa shape index (κ3) is 5.16. The van der Waals surface area contributed by atoms with E-state index in [0.29, 0.717) is 22.3 Å². The highest BCUT2D eigenvalue weighted by molar-refractivity contribution is 7.08. The van der Waals surface area contributed by atoms with Gasteiger partial charge in [-0.2, -0.15) is 11.3 Å². The highest BCUT2D eigenvalue weighted by atomic mass is 35.5. The Morgan fingerprint density at radius 1 is 1.17 bits per heavy atom. The molecule has 0 radical (unpaired) electrons. The predicted molar refractivity (Wildman–Crippen MR) is 123 cm³/mol. The monoisotopic (exact) mass is 460 g/mol. The Kier molecular flexibility index (Phi) is 6.95. The van der Waals surface area contributed by atoms with E-state index < -0.39 is 0 Å². The second-order valence-electron chi connectivity index (χ2n) is 7.23. The molecule has 0 spiro atoms. The van der Waals surface area contributed by atoms with E-state index in [4.69, 9.17) is 27.9 Å². The summed E-state index contributed by atoms with van der Waals surface area (Å²) in [6.45, 7) is 2.27. The van der Waals surface area contributed by atoms with E-state index in [0.717, 1.165) is 19.5 Å². The highest BCUT2D eigenvalue weighted by Gasteiger charge is 2.25. The molecule has 1 aliphatic rings. The van der Waals surface area contributed by atoms with E-state index in [-0.39, 0.29) is 18.6 Å². The van der Waals surface area contributed by atoms with Crippen molar-refractivity contribution in [3.8, 4) is 5.75 Å². The molecule has 2 heterocycles. The summed E-state index contributed by atoms with van der Waals surface area (Å²) in [6, 6.07) is 15.8. The van der Waals surface area contributed by atoms with Gasteiger partial charge in [0, 0.05) is 24.7 Å². The fraction of sp³-hybridized carbons (Fsp3) is 0.261. The van der Waals surface area contributed by atoms with Gasteiger partial charge in [0.25, 0.3) is 5.91 Å². The van der Waals surface area contributed by atoms with E-state index in [9.17, 15) is 4.79 Å². The zero-order valence-electron chi connectivity index (χ0n) is 16.3. The van der Waals surface area contributed by atoms with E-state index in [1.54, 1.807) is 29.5 Å². The summed E-state index contributed by atoms with van der Waals surface area (Å²) >= 11 is 13.7. The van der Waals surface area contributed by atoms with E-state index in [1.165, 1.54) is 16.7 Å². The molecule has 1 aliphatic heterocycles. The largest absolute Gasteiger partial charge is 0.482 e. The van der Waals surface area contributed by atoms with Gasteiger partial charge < -0.3 is 10.1 Å². The molecule has 0 saturated heterocycles. The van der Waals surface area contributed by atoms with Crippen molar-refractivity contribution in [2.45, 2.75) is 19.0 Å². The van der Waals surface area contributed by atoms with E-state index in [2.05, 4.69) is 51.3 Å². The van der Waals surface area contributed by atoms with Gasteiger partial charge in [-0.15, -0.1) is 0 Å². The van der Waals surface area contributed by atoms with Crippen LogP contribution in [0.4, 0.5) is 0 Å². The minimum absolute atomic E-state index is 0.0967. The molecule has 4 nitrogen and oxygen atoms in total. The summed E-state index contributed by atoms with van der Waals surface area (Å²) in [7, 11) is 0. The number of amides is 1. The average molecular weight is 461 g/mol. The van der Waals surface area contributed by atoms with Crippen LogP contribution in [-0.4, -0.2) is 30.5 Å². The van der Waals surface area contributed by atoms with Gasteiger partial charge >= 0.3 is 0 Å². The van der Waals surface area contributed by atoms with Crippen LogP contribution < -0.4 is 10.1 Å². The Hall–Kier alpha value is -2.05. The lowest BCUT2D eigenvalue weighted by atomic mass is 9.97. The number of halogens is 2. The maximum absolute atomic E-state index is 12.4. The lowest BCUT2D eigenvalue weighted by Gasteiger charge is -2.35. The minimum Gasteiger partial charge on any atom is -0.482 e. The van der Waals surface area contributed by atoms with Crippen LogP contribution in [0.2, 0.25) is 10.0 Å². The molecular formula is C23H22Cl2N2O2S. The van der Waals surface area contributed by atoms with Gasteiger partial charge in [-0.1, -0.05) is 47.5 Å². The van der Waals surface area contributed by atoms with Gasteiger partial charge in [0.05, 0.1) is 11.1 Å². The number of hydrogen-bond donors (Lipinski definition) is 1. The van der Waals surface area contributed by atoms with Crippen molar-refractivity contribution in [3.63, 3.8) is 0 Å². The van der Waals surface area contributed by atoms with Gasteiger partial charge in [-0.05, 0) is 58.1 Å². The Morgan fingerprint density at radius 2 is 2.00 bits per heavy atom. The minimum atomic E-state index is -0.182. The first-order valence-corrected chi connectivity index (χ1v) is 11.5. The van der Waals surface area contributed by atoms with Crippen molar-refractivity contribution < 1.29 is 9.53 Å². The van der Waals surface area contributed by atoms with Gasteiger partial charge in [0.2, 0.25) is 0 Å². The molecule has 1 atom stereocenters. The first kappa shape index (κ1) is 21.2. The number of carbonyl (C=O) groups is 1. The van der Waals surface area contributed by atoms with Crippen LogP contribution in [0, 0.1) is 0 Å². The number of thiophene rings is 1. The van der Waals surface area contributed by atoms with Crippen LogP contribution in [0.3, 0.4) is 0 Å². The maximum Gasteiger partial charge on any atom is 0.258 e. The maximum atomic E-state index is 12.4. The van der Waals surface area contributed by atoms with Crippen LogP contribution in [0.15, 0.2) is 59.3 Å². The quantitative estimate of drug-likeness (QED) is 0.516. The normalized spacial score (nSPS) is 14.7. The first-order valence-electron chi connectivity index (χ1n) is 9.77. The van der Waals surface area contributed by atoms with Crippen molar-refractivity contribution in [2.24, 2.45) is 0 Å². The Bertz CT molecular complexity index is 1010. The zero-order chi connectivity index (χ0) is 20.9. The fourth-order valence-electron chi connectivity index (χ4n) is 3.70. The molecule has 0 aliphatic carbocycles. The second kappa shape index (κ2) is 9.84. The Balaban J connectivity index is 1.38. The standard InChI is InChI=1S/C23H22Cl2N2O2S/c24-19-5-6-22(20(25)11-19)29-14-23(28)26-12-21(18-8-10-30-15-18)27-9-7-16-3-1-2-4-17(16)13-27/h1-6,8,10-11,15,21H,7,9,12-14H2,(H,26,28)/t21-/m0/s1. The summed E-state index contributed by atoms with van der Waals surface area (Å²) in [6.07, 6.45) is 1.02. The summed E-state index contributed by atoms with van der Waals surface area (Å²) in [5, 5.41) is 8.17. The SMILES string of the molecule is O=C(COc1ccc(Cl)cc1Cl)NC[C@@H](c1ccsc1)N1CCc2ccccc2C1. The topological polar surface area (TPSA) is 41.6 Å². The molecular weight excluding hydrogens is 439 g/mol. The second-order valence-corrected chi connectivity index (χ2v) is 8.85. The fourth-order valence-corrected chi connectivity index (χ4v) is 4.87. The van der Waals surface area contributed by atoms with Crippen LogP contribution in [0.1, 0.15) is 22.7 Å². The first-order chi connectivity index (χ1) is 14.6. The van der Waals surface area contributed by atoms with Gasteiger partial charge in [-0.3, -0.25) is 9.69 Å². The summed E-state index contributed by atoms with van der Waals surface area (Å²) in [5.74, 6) is 0.261. The average Bonchev–Trinajstić information content (AvgIpc) is 3.28. The summed E-state index contributed by atoms with van der Waals surface area (Å²) in [4.78, 5) is 14.9. The molecule has 0 saturated carbocycles. The number of fused-ring (bicyclic) bond motifs is 1. The Labute approximate surface area is 190 Å².